The Hall–Kier alpha value is -3.37. The minimum Gasteiger partial charge on any atom is -0.507 e. The summed E-state index contributed by atoms with van der Waals surface area (Å²) in [5.74, 6) is 1.09. The van der Waals surface area contributed by atoms with Crippen molar-refractivity contribution in [1.29, 1.82) is 0 Å². The molecule has 6 nitrogen and oxygen atoms in total. The van der Waals surface area contributed by atoms with Gasteiger partial charge < -0.3 is 10.4 Å². The van der Waals surface area contributed by atoms with E-state index in [-0.39, 0.29) is 5.75 Å². The maximum absolute atomic E-state index is 10.4. The summed E-state index contributed by atoms with van der Waals surface area (Å²) >= 11 is 2.45. The second-order valence-corrected chi connectivity index (χ2v) is 9.81. The Morgan fingerprint density at radius 2 is 1.73 bits per heavy atom. The number of nitrogens with one attached hydrogen (secondary N) is 1. The van der Waals surface area contributed by atoms with E-state index in [1.54, 1.807) is 6.07 Å². The van der Waals surface area contributed by atoms with Gasteiger partial charge >= 0.3 is 0 Å². The van der Waals surface area contributed by atoms with Crippen molar-refractivity contribution in [3.05, 3.63) is 96.7 Å². The first kappa shape index (κ1) is 25.3. The number of anilines is 1. The van der Waals surface area contributed by atoms with E-state index < -0.39 is 0 Å². The van der Waals surface area contributed by atoms with Crippen LogP contribution in [-0.2, 0) is 6.54 Å². The van der Waals surface area contributed by atoms with Gasteiger partial charge in [0.15, 0.2) is 5.65 Å². The summed E-state index contributed by atoms with van der Waals surface area (Å²) < 4.78 is 2.80. The van der Waals surface area contributed by atoms with Gasteiger partial charge in [0.25, 0.3) is 0 Å². The molecule has 2 heterocycles. The van der Waals surface area contributed by atoms with Crippen LogP contribution >= 0.6 is 22.6 Å². The zero-order chi connectivity index (χ0) is 25.6. The fraction of sp³-hybridized carbons (Fsp3) is 0.172. The minimum atomic E-state index is 0.219. The summed E-state index contributed by atoms with van der Waals surface area (Å²) in [5.41, 5.74) is 7.04. The number of nitrogens with zero attached hydrogens (tertiary/aromatic N) is 4. The van der Waals surface area contributed by atoms with Gasteiger partial charge in [-0.3, -0.25) is 4.90 Å². The first-order chi connectivity index (χ1) is 18.1. The molecule has 0 aliphatic carbocycles. The van der Waals surface area contributed by atoms with E-state index in [1.165, 1.54) is 16.7 Å². The van der Waals surface area contributed by atoms with Crippen LogP contribution in [0.1, 0.15) is 12.0 Å². The first-order valence-corrected chi connectivity index (χ1v) is 14.0. The summed E-state index contributed by atoms with van der Waals surface area (Å²) in [6, 6.07) is 28.6. The highest BCUT2D eigenvalue weighted by Gasteiger charge is 2.13. The second kappa shape index (κ2) is 11.8. The number of alkyl halides is 1. The van der Waals surface area contributed by atoms with Gasteiger partial charge in [0.2, 0.25) is 0 Å². The third-order valence-electron chi connectivity index (χ3n) is 6.39. The van der Waals surface area contributed by atoms with Crippen molar-refractivity contribution in [2.24, 2.45) is 0 Å². The SMILES string of the molecule is Bc1cnn2c(NCCCN(CI)Cc3cccc(-c4ccccc4)c3)cc(-c3ccccc3O)nc12. The van der Waals surface area contributed by atoms with Crippen LogP contribution in [0, 0.1) is 0 Å². The topological polar surface area (TPSA) is 65.7 Å². The van der Waals surface area contributed by atoms with Gasteiger partial charge in [-0.15, -0.1) is 0 Å². The Morgan fingerprint density at radius 1 is 0.946 bits per heavy atom. The molecule has 8 heteroatoms. The Bertz CT molecular complexity index is 1490. The number of halogens is 1. The number of phenols is 1. The van der Waals surface area contributed by atoms with E-state index in [2.05, 4.69) is 92.5 Å². The summed E-state index contributed by atoms with van der Waals surface area (Å²) in [4.78, 5) is 7.22. The summed E-state index contributed by atoms with van der Waals surface area (Å²) in [6.45, 7) is 2.69. The van der Waals surface area contributed by atoms with Crippen LogP contribution in [0.3, 0.4) is 0 Å². The fourth-order valence-corrected chi connectivity index (χ4v) is 5.05. The summed E-state index contributed by atoms with van der Waals surface area (Å²) in [7, 11) is 2.00. The largest absolute Gasteiger partial charge is 0.507 e. The van der Waals surface area contributed by atoms with E-state index in [0.29, 0.717) is 5.56 Å². The molecule has 0 fully saturated rings. The van der Waals surface area contributed by atoms with Crippen LogP contribution in [-0.4, -0.2) is 50.1 Å². The Balaban J connectivity index is 1.24. The van der Waals surface area contributed by atoms with Crippen molar-refractivity contribution < 1.29 is 5.11 Å². The molecular weight excluding hydrogens is 572 g/mol. The molecule has 0 bridgehead atoms. The van der Waals surface area contributed by atoms with Gasteiger partial charge in [0, 0.05) is 37.5 Å². The standard InChI is InChI=1S/C29H29BIN5O/c30-25-18-33-36-28(17-26(34-29(25)36)24-12-4-5-13-27(24)37)32-14-7-15-35(20-31)19-21-8-6-11-23(16-21)22-9-2-1-3-10-22/h1-6,8-13,16-18,32,37H,7,14-15,19-20,30H2. The Labute approximate surface area is 231 Å². The lowest BCUT2D eigenvalue weighted by Gasteiger charge is -2.20. The molecule has 0 unspecified atom stereocenters. The van der Waals surface area contributed by atoms with Gasteiger partial charge in [-0.2, -0.15) is 9.61 Å². The third kappa shape index (κ3) is 5.97. The summed E-state index contributed by atoms with van der Waals surface area (Å²) in [5, 5.41) is 18.4. The molecule has 0 spiro atoms. The smallest absolute Gasteiger partial charge is 0.151 e. The lowest BCUT2D eigenvalue weighted by Crippen LogP contribution is -2.24. The number of aromatic hydroxyl groups is 1. The monoisotopic (exact) mass is 601 g/mol. The molecule has 0 saturated carbocycles. The van der Waals surface area contributed by atoms with E-state index in [0.717, 1.165) is 53.2 Å². The van der Waals surface area contributed by atoms with E-state index >= 15 is 0 Å². The second-order valence-electron chi connectivity index (χ2n) is 9.13. The minimum absolute atomic E-state index is 0.219. The van der Waals surface area contributed by atoms with Crippen molar-refractivity contribution in [2.75, 3.05) is 23.0 Å². The Morgan fingerprint density at radius 3 is 2.54 bits per heavy atom. The van der Waals surface area contributed by atoms with E-state index in [4.69, 9.17) is 4.98 Å². The number of benzene rings is 3. The zero-order valence-electron chi connectivity index (χ0n) is 20.8. The molecule has 2 aromatic heterocycles. The molecule has 0 aliphatic heterocycles. The van der Waals surface area contributed by atoms with Crippen molar-refractivity contribution >= 4 is 47.4 Å². The number of hydrogen-bond donors (Lipinski definition) is 2. The average Bonchev–Trinajstić information content (AvgIpc) is 3.31. The highest BCUT2D eigenvalue weighted by molar-refractivity contribution is 14.1. The van der Waals surface area contributed by atoms with Gasteiger partial charge in [-0.1, -0.05) is 83.3 Å². The number of rotatable bonds is 10. The van der Waals surface area contributed by atoms with Crippen LogP contribution in [0.2, 0.25) is 0 Å². The normalized spacial score (nSPS) is 11.3. The van der Waals surface area contributed by atoms with E-state index in [9.17, 15) is 5.11 Å². The van der Waals surface area contributed by atoms with Crippen LogP contribution < -0.4 is 10.8 Å². The van der Waals surface area contributed by atoms with Crippen molar-refractivity contribution in [2.45, 2.75) is 13.0 Å². The Kier molecular flexibility index (Phi) is 8.06. The number of phenolic OH excluding ortho intramolecular Hbond substituents is 1. The molecular formula is C29H29BIN5O. The molecule has 0 radical (unpaired) electrons. The van der Waals surface area contributed by atoms with Gasteiger partial charge in [-0.25, -0.2) is 4.98 Å². The first-order valence-electron chi connectivity index (χ1n) is 12.4. The highest BCUT2D eigenvalue weighted by Crippen LogP contribution is 2.29. The maximum atomic E-state index is 10.4. The molecule has 5 aromatic rings. The average molecular weight is 601 g/mol. The van der Waals surface area contributed by atoms with Gasteiger partial charge in [0.05, 0.1) is 10.2 Å². The molecule has 2 N–H and O–H groups in total. The van der Waals surface area contributed by atoms with Crippen molar-refractivity contribution in [3.8, 4) is 28.1 Å². The lowest BCUT2D eigenvalue weighted by atomic mass is 10.0. The predicted octanol–water partition coefficient (Wildman–Crippen LogP) is 4.72. The fourth-order valence-electron chi connectivity index (χ4n) is 4.47. The van der Waals surface area contributed by atoms with Gasteiger partial charge in [-0.05, 0) is 46.8 Å². The van der Waals surface area contributed by atoms with Crippen LogP contribution in [0.4, 0.5) is 5.82 Å². The molecule has 0 atom stereocenters. The van der Waals surface area contributed by atoms with Crippen LogP contribution in [0.25, 0.3) is 28.0 Å². The predicted molar refractivity (Wildman–Crippen MR) is 163 cm³/mol. The van der Waals surface area contributed by atoms with E-state index in [1.807, 2.05) is 42.8 Å². The zero-order valence-corrected chi connectivity index (χ0v) is 23.0. The van der Waals surface area contributed by atoms with Crippen LogP contribution in [0.15, 0.2) is 91.1 Å². The molecule has 186 valence electrons. The quantitative estimate of drug-likeness (QED) is 0.0798. The molecule has 3 aromatic carbocycles. The number of para-hydroxylation sites is 1. The molecule has 0 amide bonds. The maximum Gasteiger partial charge on any atom is 0.151 e. The molecule has 0 aliphatic rings. The van der Waals surface area contributed by atoms with Crippen molar-refractivity contribution in [1.82, 2.24) is 19.5 Å². The lowest BCUT2D eigenvalue weighted by molar-refractivity contribution is 0.319. The van der Waals surface area contributed by atoms with Crippen molar-refractivity contribution in [3.63, 3.8) is 0 Å². The third-order valence-corrected chi connectivity index (χ3v) is 7.36. The number of hydrogen-bond acceptors (Lipinski definition) is 5. The molecule has 5 rings (SSSR count). The molecule has 37 heavy (non-hydrogen) atoms. The van der Waals surface area contributed by atoms with Gasteiger partial charge in [0.1, 0.15) is 19.4 Å². The van der Waals surface area contributed by atoms with Crippen LogP contribution in [0.5, 0.6) is 5.75 Å². The number of fused-ring (bicyclic) bond motifs is 1. The number of aromatic nitrogens is 3. The summed E-state index contributed by atoms with van der Waals surface area (Å²) in [6.07, 6.45) is 2.81. The molecule has 0 saturated heterocycles. The highest BCUT2D eigenvalue weighted by atomic mass is 127.